The first-order chi connectivity index (χ1) is 33.1. The zero-order valence-corrected chi connectivity index (χ0v) is 37.8. The maximum Gasteiger partial charge on any atom is 0.335 e. The second kappa shape index (κ2) is 26.4. The van der Waals surface area contributed by atoms with E-state index in [1.54, 1.807) is 42.5 Å². The first-order valence-electron chi connectivity index (χ1n) is 20.1. The maximum absolute atomic E-state index is 13.4. The molecule has 1 amide bonds. The van der Waals surface area contributed by atoms with Crippen LogP contribution >= 0.6 is 23.5 Å². The number of aromatic nitrogens is 2. The lowest BCUT2D eigenvalue weighted by atomic mass is 10.00. The molecule has 0 aliphatic carbocycles. The number of amides is 1. The topological polar surface area (TPSA) is 307 Å². The summed E-state index contributed by atoms with van der Waals surface area (Å²) in [7, 11) is 0. The molecule has 6 aromatic rings. The Balaban J connectivity index is 0.000000271. The Bertz CT molecular complexity index is 2950. The van der Waals surface area contributed by atoms with Crippen LogP contribution in [0.4, 0.5) is 31.8 Å². The van der Waals surface area contributed by atoms with Crippen molar-refractivity contribution >= 4 is 58.4 Å². The van der Waals surface area contributed by atoms with Gasteiger partial charge >= 0.3 is 5.97 Å². The Morgan fingerprint density at radius 1 is 0.710 bits per heavy atom. The molecule has 0 bridgehead atoms. The van der Waals surface area contributed by atoms with Gasteiger partial charge in [-0.1, -0.05) is 48.5 Å². The molecule has 0 saturated heterocycles. The number of nitrogens with two attached hydrogens (primary N) is 3. The van der Waals surface area contributed by atoms with E-state index < -0.39 is 42.3 Å². The van der Waals surface area contributed by atoms with Crippen molar-refractivity contribution in [1.82, 2.24) is 15.3 Å². The number of nitrogen functional groups attached to an aromatic ring is 2. The summed E-state index contributed by atoms with van der Waals surface area (Å²) in [6.07, 6.45) is -1.78. The van der Waals surface area contributed by atoms with Crippen LogP contribution in [0, 0.1) is 47.4 Å². The third kappa shape index (κ3) is 14.8. The molecule has 0 fully saturated rings. The highest BCUT2D eigenvalue weighted by atomic mass is 32.2. The predicted molar refractivity (Wildman–Crippen MR) is 257 cm³/mol. The van der Waals surface area contributed by atoms with Gasteiger partial charge in [0.15, 0.2) is 0 Å². The van der Waals surface area contributed by atoms with E-state index in [1.165, 1.54) is 78.1 Å². The van der Waals surface area contributed by atoms with E-state index in [1.807, 2.05) is 0 Å². The number of aliphatic hydroxyl groups is 4. The highest BCUT2D eigenvalue weighted by molar-refractivity contribution is 7.98. The predicted octanol–water partition coefficient (Wildman–Crippen LogP) is 6.45. The number of aliphatic hydroxyl groups excluding tert-OH is 4. The fraction of sp³-hybridized carbons (Fsp3) is 0.167. The lowest BCUT2D eigenvalue weighted by Gasteiger charge is -2.13. The summed E-state index contributed by atoms with van der Waals surface area (Å²) >= 11 is 2.42. The molecule has 0 aliphatic heterocycles. The third-order valence-corrected chi connectivity index (χ3v) is 11.4. The van der Waals surface area contributed by atoms with Crippen LogP contribution < -0.4 is 22.5 Å². The number of carbonyl (C=O) groups excluding carboxylic acids is 1. The van der Waals surface area contributed by atoms with E-state index in [0.717, 1.165) is 11.1 Å². The Hall–Kier alpha value is -7.96. The van der Waals surface area contributed by atoms with Gasteiger partial charge in [0, 0.05) is 41.3 Å². The third-order valence-electron chi connectivity index (χ3n) is 9.35. The van der Waals surface area contributed by atoms with Gasteiger partial charge in [-0.2, -0.15) is 10.5 Å². The van der Waals surface area contributed by atoms with Crippen molar-refractivity contribution < 1.29 is 43.9 Å². The number of halogens is 2. The molecule has 2 aromatic heterocycles. The smallest absolute Gasteiger partial charge is 0.335 e. The van der Waals surface area contributed by atoms with Gasteiger partial charge in [0.25, 0.3) is 5.91 Å². The molecular formula is C48H42F2N10O7S2. The van der Waals surface area contributed by atoms with E-state index in [-0.39, 0.29) is 59.4 Å². The molecule has 6 rings (SSSR count). The molecule has 0 spiro atoms. The summed E-state index contributed by atoms with van der Waals surface area (Å²) < 4.78 is 26.7. The maximum atomic E-state index is 13.4. The van der Waals surface area contributed by atoms with Gasteiger partial charge in [-0.15, -0.1) is 23.5 Å². The number of pyridine rings is 2. The number of hydrogen-bond donors (Lipinski definition) is 9. The number of rotatable bonds is 15. The van der Waals surface area contributed by atoms with Crippen molar-refractivity contribution in [1.29, 1.82) is 10.5 Å². The Morgan fingerprint density at radius 2 is 1.13 bits per heavy atom. The van der Waals surface area contributed by atoms with Crippen LogP contribution in [0.25, 0.3) is 31.9 Å². The van der Waals surface area contributed by atoms with Gasteiger partial charge in [0.05, 0.1) is 55.3 Å². The Kier molecular flexibility index (Phi) is 20.5. The summed E-state index contributed by atoms with van der Waals surface area (Å²) in [6.45, 7) is 14.3. The van der Waals surface area contributed by atoms with Gasteiger partial charge in [0.1, 0.15) is 45.5 Å². The van der Waals surface area contributed by atoms with Crippen molar-refractivity contribution in [3.05, 3.63) is 165 Å². The van der Waals surface area contributed by atoms with Gasteiger partial charge < -0.3 is 48.1 Å². The summed E-state index contributed by atoms with van der Waals surface area (Å²) in [5, 5.41) is 66.4. The van der Waals surface area contributed by atoms with Crippen LogP contribution in [-0.2, 0) is 11.5 Å². The standard InChI is InChI=1S/C24H20FN5O3S.C21H13FN4O2S.C3H9NO2/c1-28-21-20(15-5-7-17(25)8-6-15)19(10-26)24(30-22(21)27)34-13-14-3-2-4-16(9-14)23(33)29-11-18(32)12-31;1-25-18-17(13-5-7-15(22)8-6-13)16(10-23)20(26-19(18)24)29-11-12-3-2-4-14(9-12)21(27)28;4-1-3(6)2-5/h2-9,18,31-32H,11-13H2,(H2,27,30)(H,29,33);2-9H,11H2,(H2,24,26)(H,27,28);3,5-6H,1-2,4H2/t18-;;3-/m1.1/s1. The van der Waals surface area contributed by atoms with Crippen molar-refractivity contribution in [2.75, 3.05) is 37.8 Å². The molecule has 69 heavy (non-hydrogen) atoms. The summed E-state index contributed by atoms with van der Waals surface area (Å²) in [6, 6.07) is 28.3. The quantitative estimate of drug-likeness (QED) is 0.0394. The highest BCUT2D eigenvalue weighted by Crippen LogP contribution is 2.43. The Morgan fingerprint density at radius 3 is 1.49 bits per heavy atom. The molecule has 4 aromatic carbocycles. The van der Waals surface area contributed by atoms with Gasteiger partial charge in [-0.25, -0.2) is 33.2 Å². The summed E-state index contributed by atoms with van der Waals surface area (Å²) in [4.78, 5) is 38.7. The number of nitriles is 2. The fourth-order valence-corrected chi connectivity index (χ4v) is 7.81. The molecular weight excluding hydrogens is 931 g/mol. The summed E-state index contributed by atoms with van der Waals surface area (Å²) in [5.41, 5.74) is 20.8. The SMILES string of the molecule is NC[C@@H](O)CO.[C-]#[N+]c1c(N)nc(SCc2cccc(C(=O)NC[C@@H](O)CO)c2)c(C#N)c1-c1ccc(F)cc1.[C-]#[N+]c1c(N)nc(SCc2cccc(C(=O)O)c2)c(C#N)c1-c1ccc(F)cc1. The van der Waals surface area contributed by atoms with Crippen molar-refractivity contribution in [3.63, 3.8) is 0 Å². The minimum atomic E-state index is -1.04. The van der Waals surface area contributed by atoms with Crippen LogP contribution in [0.3, 0.4) is 0 Å². The average molecular weight is 973 g/mol. The monoisotopic (exact) mass is 972 g/mol. The number of carboxylic acids is 1. The van der Waals surface area contributed by atoms with Crippen molar-refractivity contribution in [3.8, 4) is 34.4 Å². The summed E-state index contributed by atoms with van der Waals surface area (Å²) in [5.74, 6) is -1.68. The first-order valence-corrected chi connectivity index (χ1v) is 22.1. The van der Waals surface area contributed by atoms with Gasteiger partial charge in [-0.3, -0.25) is 4.79 Å². The number of carboxylic acid groups (broad SMARTS) is 1. The van der Waals surface area contributed by atoms with Crippen molar-refractivity contribution in [2.45, 2.75) is 33.8 Å². The van der Waals surface area contributed by atoms with E-state index in [0.29, 0.717) is 49.4 Å². The highest BCUT2D eigenvalue weighted by Gasteiger charge is 2.23. The molecule has 2 heterocycles. The minimum absolute atomic E-state index is 0.0243. The molecule has 0 saturated carbocycles. The van der Waals surface area contributed by atoms with Crippen LogP contribution in [0.2, 0.25) is 0 Å². The average Bonchev–Trinajstić information content (AvgIpc) is 3.36. The van der Waals surface area contributed by atoms with E-state index >= 15 is 0 Å². The number of anilines is 2. The van der Waals surface area contributed by atoms with Crippen LogP contribution in [0.1, 0.15) is 43.0 Å². The fourth-order valence-electron chi connectivity index (χ4n) is 5.93. The molecule has 0 aliphatic rings. The van der Waals surface area contributed by atoms with Crippen molar-refractivity contribution in [2.24, 2.45) is 5.73 Å². The van der Waals surface area contributed by atoms with E-state index in [2.05, 4.69) is 37.1 Å². The number of carbonyl (C=O) groups is 2. The zero-order valence-electron chi connectivity index (χ0n) is 36.2. The molecule has 12 N–H and O–H groups in total. The molecule has 0 unspecified atom stereocenters. The van der Waals surface area contributed by atoms with Crippen LogP contribution in [0.5, 0.6) is 0 Å². The first kappa shape index (κ1) is 53.7. The molecule has 0 radical (unpaired) electrons. The number of nitrogens with zero attached hydrogens (tertiary/aromatic N) is 6. The molecule has 2 atom stereocenters. The lowest BCUT2D eigenvalue weighted by Crippen LogP contribution is -2.33. The normalized spacial score (nSPS) is 11.1. The molecule has 17 nitrogen and oxygen atoms in total. The lowest BCUT2D eigenvalue weighted by molar-refractivity contribution is 0.0696. The second-order valence-electron chi connectivity index (χ2n) is 14.2. The number of aromatic carboxylic acids is 1. The molecule has 21 heteroatoms. The minimum Gasteiger partial charge on any atom is -0.478 e. The van der Waals surface area contributed by atoms with Crippen LogP contribution in [0.15, 0.2) is 107 Å². The second-order valence-corrected chi connectivity index (χ2v) is 16.1. The van der Waals surface area contributed by atoms with Crippen LogP contribution in [-0.4, -0.2) is 85.9 Å². The number of thioether (sulfide) groups is 2. The largest absolute Gasteiger partial charge is 0.478 e. The zero-order chi connectivity index (χ0) is 50.6. The van der Waals surface area contributed by atoms with E-state index in [4.69, 9.17) is 50.8 Å². The van der Waals surface area contributed by atoms with Gasteiger partial charge in [0.2, 0.25) is 11.4 Å². The number of hydrogen-bond acceptors (Lipinski definition) is 15. The Labute approximate surface area is 403 Å². The van der Waals surface area contributed by atoms with E-state index in [9.17, 15) is 34.0 Å². The molecule has 352 valence electrons. The number of benzene rings is 4. The van der Waals surface area contributed by atoms with Gasteiger partial charge in [-0.05, 0) is 70.8 Å². The number of nitrogens with one attached hydrogen (secondary N) is 1.